The molecular formula is C11H11F3N2OS. The maximum Gasteiger partial charge on any atom is 0.418 e. The van der Waals surface area contributed by atoms with Gasteiger partial charge in [-0.3, -0.25) is 0 Å². The molecule has 1 unspecified atom stereocenters. The topological polar surface area (TPSA) is 38.0 Å². The zero-order valence-electron chi connectivity index (χ0n) is 9.48. The van der Waals surface area contributed by atoms with Crippen molar-refractivity contribution >= 4 is 11.3 Å². The van der Waals surface area contributed by atoms with Crippen LogP contribution >= 0.6 is 11.3 Å². The largest absolute Gasteiger partial charge is 0.418 e. The van der Waals surface area contributed by atoms with Gasteiger partial charge in [0, 0.05) is 23.3 Å². The summed E-state index contributed by atoms with van der Waals surface area (Å²) in [6.07, 6.45) is -4.29. The Balaban J connectivity index is 2.11. The van der Waals surface area contributed by atoms with Crippen molar-refractivity contribution < 1.29 is 18.3 Å². The normalized spacial score (nSPS) is 13.8. The monoisotopic (exact) mass is 276 g/mol. The van der Waals surface area contributed by atoms with E-state index in [0.29, 0.717) is 6.54 Å². The Morgan fingerprint density at radius 3 is 2.78 bits per heavy atom. The highest BCUT2D eigenvalue weighted by molar-refractivity contribution is 7.09. The second kappa shape index (κ2) is 4.74. The highest BCUT2D eigenvalue weighted by Crippen LogP contribution is 2.32. The fourth-order valence-corrected chi connectivity index (χ4v) is 2.18. The number of hydrogen-bond donors (Lipinski definition) is 1. The van der Waals surface area contributed by atoms with Gasteiger partial charge in [0.2, 0.25) is 0 Å². The lowest BCUT2D eigenvalue weighted by atomic mass is 10.2. The molecule has 0 amide bonds. The fourth-order valence-electron chi connectivity index (χ4n) is 1.58. The third-order valence-electron chi connectivity index (χ3n) is 2.41. The lowest BCUT2D eigenvalue weighted by Gasteiger charge is -2.12. The molecule has 7 heteroatoms. The number of alkyl halides is 3. The molecule has 2 aromatic heterocycles. The van der Waals surface area contributed by atoms with Crippen molar-refractivity contribution in [3.05, 3.63) is 40.1 Å². The standard InChI is InChI=1S/C11H11F3N2OS/c1-7-15-9(6-18-7)5-16-3-2-8(4-16)10(17)11(12,13)14/h2-4,6,10,17H,5H2,1H3. The molecule has 1 N–H and O–H groups in total. The van der Waals surface area contributed by atoms with Crippen LogP contribution in [0.2, 0.25) is 0 Å². The summed E-state index contributed by atoms with van der Waals surface area (Å²) >= 11 is 1.49. The van der Waals surface area contributed by atoms with Gasteiger partial charge in [0.25, 0.3) is 0 Å². The fraction of sp³-hybridized carbons (Fsp3) is 0.364. The molecular weight excluding hydrogens is 265 g/mol. The molecule has 0 saturated heterocycles. The van der Waals surface area contributed by atoms with Gasteiger partial charge in [-0.25, -0.2) is 4.98 Å². The van der Waals surface area contributed by atoms with Crippen LogP contribution in [0.4, 0.5) is 13.2 Å². The van der Waals surface area contributed by atoms with Crippen molar-refractivity contribution in [3.8, 4) is 0 Å². The van der Waals surface area contributed by atoms with E-state index in [1.807, 2.05) is 12.3 Å². The van der Waals surface area contributed by atoms with Gasteiger partial charge in [-0.1, -0.05) is 0 Å². The van der Waals surface area contributed by atoms with Crippen LogP contribution in [-0.4, -0.2) is 20.8 Å². The molecule has 0 saturated carbocycles. The molecule has 1 atom stereocenters. The summed E-state index contributed by atoms with van der Waals surface area (Å²) in [6, 6.07) is 1.26. The maximum atomic E-state index is 12.3. The van der Waals surface area contributed by atoms with Gasteiger partial charge in [0.05, 0.1) is 17.2 Å². The van der Waals surface area contributed by atoms with E-state index < -0.39 is 12.3 Å². The zero-order chi connectivity index (χ0) is 13.3. The molecule has 98 valence electrons. The third kappa shape index (κ3) is 2.91. The predicted molar refractivity (Wildman–Crippen MR) is 61.4 cm³/mol. The molecule has 2 heterocycles. The lowest BCUT2D eigenvalue weighted by Crippen LogP contribution is -2.19. The second-order valence-electron chi connectivity index (χ2n) is 3.92. The summed E-state index contributed by atoms with van der Waals surface area (Å²) in [7, 11) is 0. The summed E-state index contributed by atoms with van der Waals surface area (Å²) in [5.74, 6) is 0. The van der Waals surface area contributed by atoms with Gasteiger partial charge in [-0.2, -0.15) is 13.2 Å². The van der Waals surface area contributed by atoms with Gasteiger partial charge in [0.1, 0.15) is 0 Å². The van der Waals surface area contributed by atoms with E-state index in [1.165, 1.54) is 29.8 Å². The number of aromatic nitrogens is 2. The van der Waals surface area contributed by atoms with E-state index in [1.54, 1.807) is 4.57 Å². The Morgan fingerprint density at radius 2 is 2.22 bits per heavy atom. The number of aliphatic hydroxyl groups is 1. The number of halogens is 3. The van der Waals surface area contributed by atoms with Gasteiger partial charge < -0.3 is 9.67 Å². The number of aliphatic hydroxyl groups excluding tert-OH is 1. The minimum absolute atomic E-state index is 0.158. The van der Waals surface area contributed by atoms with Crippen molar-refractivity contribution in [2.45, 2.75) is 25.7 Å². The first-order valence-corrected chi connectivity index (χ1v) is 6.05. The SMILES string of the molecule is Cc1nc(Cn2ccc(C(O)C(F)(F)F)c2)cs1. The van der Waals surface area contributed by atoms with Gasteiger partial charge in [0.15, 0.2) is 6.10 Å². The molecule has 0 fully saturated rings. The van der Waals surface area contributed by atoms with Crippen molar-refractivity contribution in [1.82, 2.24) is 9.55 Å². The number of rotatable bonds is 3. The molecule has 3 nitrogen and oxygen atoms in total. The van der Waals surface area contributed by atoms with Crippen LogP contribution in [0.15, 0.2) is 23.8 Å². The van der Waals surface area contributed by atoms with E-state index in [4.69, 9.17) is 5.11 Å². The van der Waals surface area contributed by atoms with Crippen LogP contribution in [0.1, 0.15) is 22.4 Å². The Hall–Kier alpha value is -1.34. The number of thiazole rings is 1. The molecule has 0 aromatic carbocycles. The molecule has 0 spiro atoms. The molecule has 0 aliphatic carbocycles. The second-order valence-corrected chi connectivity index (χ2v) is 4.98. The Morgan fingerprint density at radius 1 is 1.50 bits per heavy atom. The molecule has 2 aromatic rings. The summed E-state index contributed by atoms with van der Waals surface area (Å²) in [4.78, 5) is 4.22. The zero-order valence-corrected chi connectivity index (χ0v) is 10.3. The van der Waals surface area contributed by atoms with Crippen LogP contribution in [0.25, 0.3) is 0 Å². The third-order valence-corrected chi connectivity index (χ3v) is 3.23. The van der Waals surface area contributed by atoms with Crippen LogP contribution in [-0.2, 0) is 6.54 Å². The number of nitrogens with zero attached hydrogens (tertiary/aromatic N) is 2. The van der Waals surface area contributed by atoms with E-state index in [-0.39, 0.29) is 5.56 Å². The molecule has 0 aliphatic rings. The first-order chi connectivity index (χ1) is 8.36. The Labute approximate surface area is 106 Å². The minimum Gasteiger partial charge on any atom is -0.379 e. The van der Waals surface area contributed by atoms with Crippen molar-refractivity contribution in [1.29, 1.82) is 0 Å². The quantitative estimate of drug-likeness (QED) is 0.936. The highest BCUT2D eigenvalue weighted by Gasteiger charge is 2.39. The van der Waals surface area contributed by atoms with Gasteiger partial charge >= 0.3 is 6.18 Å². The van der Waals surface area contributed by atoms with Crippen LogP contribution in [0, 0.1) is 6.92 Å². The predicted octanol–water partition coefficient (Wildman–Crippen LogP) is 2.90. The van der Waals surface area contributed by atoms with Crippen LogP contribution in [0.5, 0.6) is 0 Å². The number of hydrogen-bond acceptors (Lipinski definition) is 3. The molecule has 0 aliphatic heterocycles. The first-order valence-electron chi connectivity index (χ1n) is 5.18. The molecule has 2 rings (SSSR count). The molecule has 0 radical (unpaired) electrons. The van der Waals surface area contributed by atoms with Crippen molar-refractivity contribution in [2.24, 2.45) is 0 Å². The van der Waals surface area contributed by atoms with Gasteiger partial charge in [-0.15, -0.1) is 11.3 Å². The van der Waals surface area contributed by atoms with E-state index in [0.717, 1.165) is 10.7 Å². The summed E-state index contributed by atoms with van der Waals surface area (Å²) in [6.45, 7) is 2.26. The van der Waals surface area contributed by atoms with Crippen LogP contribution in [0.3, 0.4) is 0 Å². The first kappa shape index (κ1) is 13.1. The average Bonchev–Trinajstić information content (AvgIpc) is 2.86. The summed E-state index contributed by atoms with van der Waals surface area (Å²) in [5.41, 5.74) is 0.635. The maximum absolute atomic E-state index is 12.3. The van der Waals surface area contributed by atoms with Crippen molar-refractivity contribution in [2.75, 3.05) is 0 Å². The molecule has 18 heavy (non-hydrogen) atoms. The summed E-state index contributed by atoms with van der Waals surface area (Å²) in [5, 5.41) is 11.9. The smallest absolute Gasteiger partial charge is 0.379 e. The molecule has 0 bridgehead atoms. The van der Waals surface area contributed by atoms with Crippen LogP contribution < -0.4 is 0 Å². The van der Waals surface area contributed by atoms with Crippen molar-refractivity contribution in [3.63, 3.8) is 0 Å². The van der Waals surface area contributed by atoms with E-state index in [9.17, 15) is 13.2 Å². The Bertz CT molecular complexity index is 532. The van der Waals surface area contributed by atoms with E-state index >= 15 is 0 Å². The van der Waals surface area contributed by atoms with E-state index in [2.05, 4.69) is 4.98 Å². The van der Waals surface area contributed by atoms with Gasteiger partial charge in [-0.05, 0) is 13.0 Å². The lowest BCUT2D eigenvalue weighted by molar-refractivity contribution is -0.206. The summed E-state index contributed by atoms with van der Waals surface area (Å²) < 4.78 is 38.5. The highest BCUT2D eigenvalue weighted by atomic mass is 32.1. The average molecular weight is 276 g/mol. The minimum atomic E-state index is -4.64. The number of aryl methyl sites for hydroxylation is 1. The Kier molecular flexibility index (Phi) is 3.45.